The fourth-order valence-corrected chi connectivity index (χ4v) is 3.59. The molecule has 6 nitrogen and oxygen atoms in total. The summed E-state index contributed by atoms with van der Waals surface area (Å²) in [7, 11) is 0. The summed E-state index contributed by atoms with van der Waals surface area (Å²) in [5, 5.41) is 11.5. The van der Waals surface area contributed by atoms with Crippen LogP contribution < -0.4 is 4.90 Å². The summed E-state index contributed by atoms with van der Waals surface area (Å²) in [5.41, 5.74) is 1.34. The van der Waals surface area contributed by atoms with Crippen molar-refractivity contribution in [1.82, 2.24) is 4.98 Å². The number of hydrogen-bond acceptors (Lipinski definition) is 5. The average Bonchev–Trinajstić information content (AvgIpc) is 2.48. The molecule has 22 heavy (non-hydrogen) atoms. The number of nitrogens with zero attached hydrogens (tertiary/aromatic N) is 3. The van der Waals surface area contributed by atoms with E-state index in [1.54, 1.807) is 12.1 Å². The van der Waals surface area contributed by atoms with Crippen molar-refractivity contribution in [2.45, 2.75) is 23.6 Å². The maximum Gasteiger partial charge on any atom is 0.288 e. The summed E-state index contributed by atoms with van der Waals surface area (Å²) >= 11 is 7.49. The highest BCUT2D eigenvalue weighted by Gasteiger charge is 2.31. The molecule has 0 saturated carbocycles. The van der Waals surface area contributed by atoms with E-state index >= 15 is 0 Å². The third kappa shape index (κ3) is 2.22. The molecule has 1 aliphatic heterocycles. The van der Waals surface area contributed by atoms with Crippen LogP contribution in [0.5, 0.6) is 0 Å². The summed E-state index contributed by atoms with van der Waals surface area (Å²) < 4.78 is 0. The number of fused-ring (bicyclic) bond motifs is 2. The monoisotopic (exact) mass is 335 g/mol. The number of carbonyl (C=O) groups excluding carboxylic acids is 1. The average molecular weight is 336 g/mol. The number of nitro groups is 1. The number of anilines is 2. The minimum atomic E-state index is -0.505. The molecule has 0 fully saturated rings. The standard InChI is InChI=1S/C14H10ClN3O3S/c1-7-10(15)3-4-11-13(7)17(8(2)19)14-12(22-11)5-9(6-16-14)18(20)21/h3-6H,1-2H3. The predicted octanol–water partition coefficient (Wildman–Crippen LogP) is 4.10. The number of benzene rings is 1. The first-order valence-electron chi connectivity index (χ1n) is 6.32. The Balaban J connectivity index is 2.25. The zero-order valence-corrected chi connectivity index (χ0v) is 13.2. The van der Waals surface area contributed by atoms with Crippen molar-refractivity contribution < 1.29 is 9.72 Å². The van der Waals surface area contributed by atoms with Gasteiger partial charge in [-0.05, 0) is 24.6 Å². The van der Waals surface area contributed by atoms with Gasteiger partial charge in [-0.3, -0.25) is 19.8 Å². The summed E-state index contributed by atoms with van der Waals surface area (Å²) in [4.78, 5) is 29.4. The first-order chi connectivity index (χ1) is 10.4. The smallest absolute Gasteiger partial charge is 0.274 e. The highest BCUT2D eigenvalue weighted by Crippen LogP contribution is 2.50. The number of carbonyl (C=O) groups is 1. The van der Waals surface area contributed by atoms with Gasteiger partial charge in [0.1, 0.15) is 6.20 Å². The highest BCUT2D eigenvalue weighted by molar-refractivity contribution is 7.99. The molecule has 0 saturated heterocycles. The van der Waals surface area contributed by atoms with E-state index < -0.39 is 4.92 Å². The van der Waals surface area contributed by atoms with Crippen molar-refractivity contribution in [2.24, 2.45) is 0 Å². The summed E-state index contributed by atoms with van der Waals surface area (Å²) in [6.07, 6.45) is 1.15. The lowest BCUT2D eigenvalue weighted by atomic mass is 10.1. The van der Waals surface area contributed by atoms with Crippen molar-refractivity contribution in [3.8, 4) is 0 Å². The molecule has 1 aromatic heterocycles. The Morgan fingerprint density at radius 1 is 1.41 bits per heavy atom. The topological polar surface area (TPSA) is 76.3 Å². The van der Waals surface area contributed by atoms with Crippen LogP contribution in [0.15, 0.2) is 34.2 Å². The van der Waals surface area contributed by atoms with Gasteiger partial charge in [0.05, 0.1) is 15.5 Å². The lowest BCUT2D eigenvalue weighted by Crippen LogP contribution is -2.27. The zero-order valence-electron chi connectivity index (χ0n) is 11.7. The van der Waals surface area contributed by atoms with Gasteiger partial charge in [-0.25, -0.2) is 4.98 Å². The third-order valence-electron chi connectivity index (χ3n) is 3.33. The normalized spacial score (nSPS) is 12.6. The number of amides is 1. The number of pyridine rings is 1. The molecule has 0 unspecified atom stereocenters. The lowest BCUT2D eigenvalue weighted by molar-refractivity contribution is -0.385. The zero-order chi connectivity index (χ0) is 16.0. The second-order valence-corrected chi connectivity index (χ2v) is 6.24. The van der Waals surface area contributed by atoms with E-state index in [0.717, 1.165) is 16.7 Å². The number of halogens is 1. The van der Waals surface area contributed by atoms with Gasteiger partial charge in [0.2, 0.25) is 5.91 Å². The quantitative estimate of drug-likeness (QED) is 0.579. The second-order valence-electron chi connectivity index (χ2n) is 4.75. The van der Waals surface area contributed by atoms with Crippen molar-refractivity contribution in [2.75, 3.05) is 4.90 Å². The lowest BCUT2D eigenvalue weighted by Gasteiger charge is -2.30. The SMILES string of the molecule is CC(=O)N1c2ncc([N+](=O)[O-])cc2Sc2ccc(Cl)c(C)c21. The third-order valence-corrected chi connectivity index (χ3v) is 4.81. The van der Waals surface area contributed by atoms with Gasteiger partial charge >= 0.3 is 0 Å². The highest BCUT2D eigenvalue weighted by atomic mass is 35.5. The van der Waals surface area contributed by atoms with Crippen molar-refractivity contribution >= 4 is 46.5 Å². The van der Waals surface area contributed by atoms with Crippen LogP contribution in [0, 0.1) is 17.0 Å². The van der Waals surface area contributed by atoms with Crippen LogP contribution in [0.2, 0.25) is 5.02 Å². The summed E-state index contributed by atoms with van der Waals surface area (Å²) in [5.74, 6) is 0.162. The Kier molecular flexibility index (Phi) is 3.54. The van der Waals surface area contributed by atoms with Gasteiger partial charge in [0.15, 0.2) is 5.82 Å². The van der Waals surface area contributed by atoms with Crippen LogP contribution in [0.3, 0.4) is 0 Å². The molecule has 3 rings (SSSR count). The molecule has 112 valence electrons. The Morgan fingerprint density at radius 2 is 2.14 bits per heavy atom. The van der Waals surface area contributed by atoms with E-state index in [0.29, 0.717) is 21.4 Å². The van der Waals surface area contributed by atoms with Gasteiger partial charge in [-0.1, -0.05) is 23.4 Å². The van der Waals surface area contributed by atoms with E-state index in [-0.39, 0.29) is 11.6 Å². The molecule has 0 radical (unpaired) electrons. The van der Waals surface area contributed by atoms with Crippen LogP contribution >= 0.6 is 23.4 Å². The first-order valence-corrected chi connectivity index (χ1v) is 7.51. The number of rotatable bonds is 1. The largest absolute Gasteiger partial charge is 0.288 e. The molecular weight excluding hydrogens is 326 g/mol. The van der Waals surface area contributed by atoms with Gasteiger partial charge in [0.25, 0.3) is 5.69 Å². The fourth-order valence-electron chi connectivity index (χ4n) is 2.31. The Morgan fingerprint density at radius 3 is 2.77 bits per heavy atom. The molecule has 0 atom stereocenters. The van der Waals surface area contributed by atoms with Gasteiger partial charge < -0.3 is 0 Å². The van der Waals surface area contributed by atoms with E-state index in [4.69, 9.17) is 11.6 Å². The molecule has 0 N–H and O–H groups in total. The van der Waals surface area contributed by atoms with Crippen LogP contribution in [-0.2, 0) is 4.79 Å². The van der Waals surface area contributed by atoms with Crippen molar-refractivity contribution in [3.63, 3.8) is 0 Å². The number of aromatic nitrogens is 1. The van der Waals surface area contributed by atoms with Gasteiger partial charge in [-0.2, -0.15) is 0 Å². The minimum absolute atomic E-state index is 0.108. The second kappa shape index (κ2) is 5.26. The summed E-state index contributed by atoms with van der Waals surface area (Å²) in [6, 6.07) is 4.97. The van der Waals surface area contributed by atoms with Gasteiger partial charge in [-0.15, -0.1) is 0 Å². The Labute approximate surface area is 135 Å². The molecule has 1 aliphatic rings. The molecule has 2 aromatic rings. The van der Waals surface area contributed by atoms with Crippen LogP contribution in [0.1, 0.15) is 12.5 Å². The molecule has 8 heteroatoms. The maximum atomic E-state index is 12.1. The van der Waals surface area contributed by atoms with Gasteiger partial charge in [0, 0.05) is 22.9 Å². The van der Waals surface area contributed by atoms with Crippen molar-refractivity contribution in [3.05, 3.63) is 45.1 Å². The van der Waals surface area contributed by atoms with E-state index in [9.17, 15) is 14.9 Å². The minimum Gasteiger partial charge on any atom is -0.274 e. The molecule has 0 aliphatic carbocycles. The first kappa shape index (κ1) is 14.8. The van der Waals surface area contributed by atoms with Crippen molar-refractivity contribution in [1.29, 1.82) is 0 Å². The molecule has 1 amide bonds. The molecule has 1 aromatic carbocycles. The van der Waals surface area contributed by atoms with Crippen LogP contribution in [-0.4, -0.2) is 15.8 Å². The fraction of sp³-hybridized carbons (Fsp3) is 0.143. The maximum absolute atomic E-state index is 12.1. The molecule has 0 bridgehead atoms. The van der Waals surface area contributed by atoms with Crippen LogP contribution in [0.4, 0.5) is 17.2 Å². The van der Waals surface area contributed by atoms with Crippen LogP contribution in [0.25, 0.3) is 0 Å². The van der Waals surface area contributed by atoms with E-state index in [1.165, 1.54) is 29.7 Å². The predicted molar refractivity (Wildman–Crippen MR) is 84.0 cm³/mol. The summed E-state index contributed by atoms with van der Waals surface area (Å²) in [6.45, 7) is 3.25. The molecular formula is C14H10ClN3O3S. The number of hydrogen-bond donors (Lipinski definition) is 0. The van der Waals surface area contributed by atoms with E-state index in [2.05, 4.69) is 4.98 Å². The Bertz CT molecular complexity index is 825. The van der Waals surface area contributed by atoms with E-state index in [1.807, 2.05) is 6.92 Å². The Hall–Kier alpha value is -2.12. The molecule has 2 heterocycles. The molecule has 0 spiro atoms.